The van der Waals surface area contributed by atoms with Crippen molar-refractivity contribution in [3.8, 4) is 0 Å². The molecule has 1 amide bonds. The summed E-state index contributed by atoms with van der Waals surface area (Å²) in [7, 11) is 0. The highest BCUT2D eigenvalue weighted by molar-refractivity contribution is 5.97. The maximum atomic E-state index is 11.7. The maximum absolute atomic E-state index is 11.7. The van der Waals surface area contributed by atoms with Gasteiger partial charge in [-0.3, -0.25) is 4.79 Å². The quantitative estimate of drug-likeness (QED) is 0.321. The molecule has 96 valence electrons. The number of rotatable bonds is 4. The minimum absolute atomic E-state index is 0.0521. The minimum atomic E-state index is 0.0521. The number of nitrogens with zero attached hydrogens (tertiary/aromatic N) is 1. The zero-order valence-electron chi connectivity index (χ0n) is 10.1. The van der Waals surface area contributed by atoms with Crippen LogP contribution in [0.4, 0.5) is 0 Å². The number of carbonyl (C=O) groups excluding carboxylic acids is 1. The zero-order valence-corrected chi connectivity index (χ0v) is 10.1. The molecule has 1 aromatic rings. The molecule has 0 bridgehead atoms. The SMILES string of the molecule is NC(=NO)c1ccc(CC(=O)NC2CCC2)cc1. The van der Waals surface area contributed by atoms with E-state index in [4.69, 9.17) is 10.9 Å². The molecule has 1 saturated carbocycles. The Morgan fingerprint density at radius 3 is 2.56 bits per heavy atom. The smallest absolute Gasteiger partial charge is 0.224 e. The molecular formula is C13H17N3O2. The number of amidine groups is 1. The molecule has 0 atom stereocenters. The van der Waals surface area contributed by atoms with Crippen molar-refractivity contribution in [1.29, 1.82) is 0 Å². The molecule has 18 heavy (non-hydrogen) atoms. The fraction of sp³-hybridized carbons (Fsp3) is 0.385. The number of hydrogen-bond acceptors (Lipinski definition) is 3. The number of hydrogen-bond donors (Lipinski definition) is 3. The van der Waals surface area contributed by atoms with Gasteiger partial charge in [-0.1, -0.05) is 29.4 Å². The van der Waals surface area contributed by atoms with E-state index in [1.165, 1.54) is 6.42 Å². The first kappa shape index (κ1) is 12.4. The van der Waals surface area contributed by atoms with Gasteiger partial charge in [0, 0.05) is 11.6 Å². The van der Waals surface area contributed by atoms with Crippen molar-refractivity contribution in [3.63, 3.8) is 0 Å². The molecule has 2 rings (SSSR count). The van der Waals surface area contributed by atoms with E-state index in [-0.39, 0.29) is 11.7 Å². The van der Waals surface area contributed by atoms with Gasteiger partial charge in [0.05, 0.1) is 6.42 Å². The van der Waals surface area contributed by atoms with Gasteiger partial charge < -0.3 is 16.3 Å². The van der Waals surface area contributed by atoms with Gasteiger partial charge in [-0.25, -0.2) is 0 Å². The number of carbonyl (C=O) groups is 1. The third-order valence-electron chi connectivity index (χ3n) is 3.19. The summed E-state index contributed by atoms with van der Waals surface area (Å²) >= 11 is 0. The molecule has 0 saturated heterocycles. The van der Waals surface area contributed by atoms with Crippen LogP contribution in [0.3, 0.4) is 0 Å². The maximum Gasteiger partial charge on any atom is 0.224 e. The zero-order chi connectivity index (χ0) is 13.0. The molecule has 0 radical (unpaired) electrons. The predicted molar refractivity (Wildman–Crippen MR) is 68.4 cm³/mol. The number of nitrogens with two attached hydrogens (primary N) is 1. The van der Waals surface area contributed by atoms with Gasteiger partial charge in [-0.15, -0.1) is 0 Å². The molecular weight excluding hydrogens is 230 g/mol. The summed E-state index contributed by atoms with van der Waals surface area (Å²) in [5.41, 5.74) is 7.02. The Labute approximate surface area is 106 Å². The Morgan fingerprint density at radius 1 is 1.39 bits per heavy atom. The van der Waals surface area contributed by atoms with Crippen LogP contribution in [0.25, 0.3) is 0 Å². The molecule has 0 aliphatic heterocycles. The Morgan fingerprint density at radius 2 is 2.06 bits per heavy atom. The van der Waals surface area contributed by atoms with Gasteiger partial charge in [0.25, 0.3) is 0 Å². The lowest BCUT2D eigenvalue weighted by molar-refractivity contribution is -0.121. The molecule has 1 fully saturated rings. The lowest BCUT2D eigenvalue weighted by Gasteiger charge is -2.26. The molecule has 0 heterocycles. The normalized spacial score (nSPS) is 16.1. The van der Waals surface area contributed by atoms with E-state index >= 15 is 0 Å². The number of nitrogens with one attached hydrogen (secondary N) is 1. The molecule has 1 aliphatic rings. The van der Waals surface area contributed by atoms with Gasteiger partial charge in [0.1, 0.15) is 0 Å². The fourth-order valence-electron chi connectivity index (χ4n) is 1.87. The second-order valence-corrected chi connectivity index (χ2v) is 4.55. The number of oxime groups is 1. The lowest BCUT2D eigenvalue weighted by Crippen LogP contribution is -2.40. The second-order valence-electron chi connectivity index (χ2n) is 4.55. The van der Waals surface area contributed by atoms with Crippen LogP contribution in [-0.4, -0.2) is 23.0 Å². The van der Waals surface area contributed by atoms with E-state index in [1.807, 2.05) is 12.1 Å². The third-order valence-corrected chi connectivity index (χ3v) is 3.19. The van der Waals surface area contributed by atoms with E-state index in [1.54, 1.807) is 12.1 Å². The summed E-state index contributed by atoms with van der Waals surface area (Å²) in [5, 5.41) is 14.4. The number of amides is 1. The molecule has 5 nitrogen and oxygen atoms in total. The first-order chi connectivity index (χ1) is 8.69. The lowest BCUT2D eigenvalue weighted by atomic mass is 9.93. The molecule has 4 N–H and O–H groups in total. The van der Waals surface area contributed by atoms with Crippen molar-refractivity contribution >= 4 is 11.7 Å². The van der Waals surface area contributed by atoms with Crippen LogP contribution >= 0.6 is 0 Å². The Balaban J connectivity index is 1.91. The third kappa shape index (κ3) is 3.00. The van der Waals surface area contributed by atoms with E-state index in [0.29, 0.717) is 18.0 Å². The van der Waals surface area contributed by atoms with Crippen LogP contribution in [0.1, 0.15) is 30.4 Å². The van der Waals surface area contributed by atoms with Crippen LogP contribution in [0, 0.1) is 0 Å². The fourth-order valence-corrected chi connectivity index (χ4v) is 1.87. The highest BCUT2D eigenvalue weighted by Gasteiger charge is 2.19. The van der Waals surface area contributed by atoms with Crippen molar-refractivity contribution in [2.45, 2.75) is 31.7 Å². The Kier molecular flexibility index (Phi) is 3.82. The van der Waals surface area contributed by atoms with Crippen molar-refractivity contribution in [3.05, 3.63) is 35.4 Å². The van der Waals surface area contributed by atoms with Gasteiger partial charge in [-0.05, 0) is 24.8 Å². The summed E-state index contributed by atoms with van der Waals surface area (Å²) in [6.45, 7) is 0. The first-order valence-corrected chi connectivity index (χ1v) is 6.05. The van der Waals surface area contributed by atoms with E-state index in [0.717, 1.165) is 18.4 Å². The molecule has 1 aromatic carbocycles. The van der Waals surface area contributed by atoms with E-state index < -0.39 is 0 Å². The van der Waals surface area contributed by atoms with Gasteiger partial charge in [0.15, 0.2) is 5.84 Å². The van der Waals surface area contributed by atoms with Gasteiger partial charge in [-0.2, -0.15) is 0 Å². The minimum Gasteiger partial charge on any atom is -0.409 e. The van der Waals surface area contributed by atoms with Crippen LogP contribution in [0.2, 0.25) is 0 Å². The van der Waals surface area contributed by atoms with Gasteiger partial charge >= 0.3 is 0 Å². The molecule has 1 aliphatic carbocycles. The number of benzene rings is 1. The van der Waals surface area contributed by atoms with E-state index in [9.17, 15) is 4.79 Å². The molecule has 5 heteroatoms. The topological polar surface area (TPSA) is 87.7 Å². The van der Waals surface area contributed by atoms with Crippen LogP contribution in [0.15, 0.2) is 29.4 Å². The van der Waals surface area contributed by atoms with Crippen molar-refractivity contribution in [1.82, 2.24) is 5.32 Å². The molecule has 0 spiro atoms. The summed E-state index contributed by atoms with van der Waals surface area (Å²) in [6.07, 6.45) is 3.76. The summed E-state index contributed by atoms with van der Waals surface area (Å²) in [6, 6.07) is 7.47. The Hall–Kier alpha value is -2.04. The standard InChI is InChI=1S/C13H17N3O2/c14-13(16-18)10-6-4-9(5-7-10)8-12(17)15-11-2-1-3-11/h4-7,11,18H,1-3,8H2,(H2,14,16)(H,15,17). The molecule has 0 unspecified atom stereocenters. The van der Waals surface area contributed by atoms with Crippen LogP contribution in [-0.2, 0) is 11.2 Å². The average Bonchev–Trinajstić information content (AvgIpc) is 2.34. The average molecular weight is 247 g/mol. The highest BCUT2D eigenvalue weighted by Crippen LogP contribution is 2.18. The Bertz CT molecular complexity index is 450. The first-order valence-electron chi connectivity index (χ1n) is 6.05. The largest absolute Gasteiger partial charge is 0.409 e. The van der Waals surface area contributed by atoms with Crippen molar-refractivity contribution in [2.75, 3.05) is 0 Å². The predicted octanol–water partition coefficient (Wildman–Crippen LogP) is 0.992. The van der Waals surface area contributed by atoms with Crippen molar-refractivity contribution in [2.24, 2.45) is 10.9 Å². The van der Waals surface area contributed by atoms with Crippen LogP contribution in [0.5, 0.6) is 0 Å². The van der Waals surface area contributed by atoms with Crippen molar-refractivity contribution < 1.29 is 10.0 Å². The summed E-state index contributed by atoms with van der Waals surface area (Å²) in [4.78, 5) is 11.7. The summed E-state index contributed by atoms with van der Waals surface area (Å²) < 4.78 is 0. The second kappa shape index (κ2) is 5.53. The monoisotopic (exact) mass is 247 g/mol. The van der Waals surface area contributed by atoms with Gasteiger partial charge in [0.2, 0.25) is 5.91 Å². The molecule has 0 aromatic heterocycles. The summed E-state index contributed by atoms with van der Waals surface area (Å²) in [5.74, 6) is 0.122. The van der Waals surface area contributed by atoms with Crippen LogP contribution < -0.4 is 11.1 Å². The highest BCUT2D eigenvalue weighted by atomic mass is 16.4. The van der Waals surface area contributed by atoms with E-state index in [2.05, 4.69) is 10.5 Å².